The monoisotopic (exact) mass is 281 g/mol. The minimum atomic E-state index is 0.784. The highest BCUT2D eigenvalue weighted by molar-refractivity contribution is 5.83. The lowest BCUT2D eigenvalue weighted by atomic mass is 10.2. The van der Waals surface area contributed by atoms with Gasteiger partial charge in [-0.1, -0.05) is 18.6 Å². The maximum absolute atomic E-state index is 5.92. The predicted octanol–water partition coefficient (Wildman–Crippen LogP) is 4.19. The van der Waals surface area contributed by atoms with E-state index < -0.39 is 0 Å². The number of benzene rings is 1. The lowest BCUT2D eigenvalue weighted by molar-refractivity contribution is 0.627. The number of aryl methyl sites for hydroxylation is 2. The van der Waals surface area contributed by atoms with Crippen LogP contribution in [0.4, 0.5) is 5.82 Å². The third-order valence-corrected chi connectivity index (χ3v) is 3.37. The van der Waals surface area contributed by atoms with Crippen molar-refractivity contribution >= 4 is 16.8 Å². The molecule has 0 aliphatic rings. The van der Waals surface area contributed by atoms with Crippen LogP contribution in [0.15, 0.2) is 34.7 Å². The van der Waals surface area contributed by atoms with Crippen LogP contribution < -0.4 is 5.32 Å². The number of nitrogens with zero attached hydrogens (tertiary/aromatic N) is 2. The Labute approximate surface area is 124 Å². The molecule has 0 aliphatic carbocycles. The molecule has 21 heavy (non-hydrogen) atoms. The minimum absolute atomic E-state index is 0.784. The molecule has 0 unspecified atom stereocenters. The summed E-state index contributed by atoms with van der Waals surface area (Å²) in [5.74, 6) is 2.45. The van der Waals surface area contributed by atoms with Gasteiger partial charge in [-0.25, -0.2) is 9.97 Å². The summed E-state index contributed by atoms with van der Waals surface area (Å²) in [7, 11) is 0. The van der Waals surface area contributed by atoms with Crippen molar-refractivity contribution in [3.63, 3.8) is 0 Å². The molecule has 0 aliphatic heterocycles. The maximum atomic E-state index is 5.92. The highest BCUT2D eigenvalue weighted by Crippen LogP contribution is 2.28. The molecule has 0 saturated carbocycles. The Morgan fingerprint density at radius 3 is 2.71 bits per heavy atom. The second kappa shape index (κ2) is 5.56. The van der Waals surface area contributed by atoms with E-state index in [1.807, 2.05) is 18.2 Å². The van der Waals surface area contributed by atoms with Crippen LogP contribution in [-0.4, -0.2) is 16.5 Å². The van der Waals surface area contributed by atoms with E-state index in [4.69, 9.17) is 4.42 Å². The van der Waals surface area contributed by atoms with Gasteiger partial charge in [0.05, 0.1) is 0 Å². The Morgan fingerprint density at radius 1 is 1.10 bits per heavy atom. The molecule has 2 aromatic heterocycles. The number of aromatic nitrogens is 2. The van der Waals surface area contributed by atoms with Crippen LogP contribution in [0.1, 0.15) is 25.2 Å². The smallest absolute Gasteiger partial charge is 0.154 e. The molecule has 0 atom stereocenters. The zero-order chi connectivity index (χ0) is 14.8. The number of hydrogen-bond donors (Lipinski definition) is 1. The lowest BCUT2D eigenvalue weighted by Gasteiger charge is -2.06. The topological polar surface area (TPSA) is 51.0 Å². The molecule has 0 fully saturated rings. The van der Waals surface area contributed by atoms with Crippen molar-refractivity contribution in [1.82, 2.24) is 9.97 Å². The first-order chi connectivity index (χ1) is 10.2. The van der Waals surface area contributed by atoms with E-state index in [0.29, 0.717) is 0 Å². The highest BCUT2D eigenvalue weighted by atomic mass is 16.3. The minimum Gasteiger partial charge on any atom is -0.454 e. The summed E-state index contributed by atoms with van der Waals surface area (Å²) < 4.78 is 5.92. The molecule has 4 heteroatoms. The molecule has 1 aromatic carbocycles. The fourth-order valence-corrected chi connectivity index (χ4v) is 2.34. The van der Waals surface area contributed by atoms with Gasteiger partial charge in [0.1, 0.15) is 22.9 Å². The average molecular weight is 281 g/mol. The number of furan rings is 1. The molecule has 3 rings (SSSR count). The van der Waals surface area contributed by atoms with Gasteiger partial charge in [0, 0.05) is 24.4 Å². The van der Waals surface area contributed by atoms with Crippen molar-refractivity contribution in [3.05, 3.63) is 41.7 Å². The Kier molecular flexibility index (Phi) is 3.60. The second-order valence-corrected chi connectivity index (χ2v) is 5.09. The molecule has 0 amide bonds. The van der Waals surface area contributed by atoms with Crippen LogP contribution in [0.2, 0.25) is 0 Å². The van der Waals surface area contributed by atoms with E-state index in [9.17, 15) is 0 Å². The Bertz CT molecular complexity index is 777. The summed E-state index contributed by atoms with van der Waals surface area (Å²) in [6, 6.07) is 10.2. The van der Waals surface area contributed by atoms with Gasteiger partial charge in [0.25, 0.3) is 0 Å². The fraction of sp³-hybridized carbons (Fsp3) is 0.294. The summed E-state index contributed by atoms with van der Waals surface area (Å²) in [5.41, 5.74) is 2.93. The Morgan fingerprint density at radius 2 is 1.95 bits per heavy atom. The standard InChI is InChI=1S/C17H19N3O/c1-4-16-19-13(10-17(20-16)18-5-2)15-9-12-8-11(3)6-7-14(12)21-15/h6-10H,4-5H2,1-3H3,(H,18,19,20). The molecule has 3 aromatic rings. The first kappa shape index (κ1) is 13.6. The molecule has 108 valence electrons. The summed E-state index contributed by atoms with van der Waals surface area (Å²) in [6.45, 7) is 7.02. The highest BCUT2D eigenvalue weighted by Gasteiger charge is 2.10. The number of hydrogen-bond acceptors (Lipinski definition) is 4. The van der Waals surface area contributed by atoms with Crippen molar-refractivity contribution in [3.8, 4) is 11.5 Å². The largest absolute Gasteiger partial charge is 0.454 e. The van der Waals surface area contributed by atoms with Crippen molar-refractivity contribution in [2.24, 2.45) is 0 Å². The molecule has 4 nitrogen and oxygen atoms in total. The van der Waals surface area contributed by atoms with Crippen molar-refractivity contribution in [1.29, 1.82) is 0 Å². The second-order valence-electron chi connectivity index (χ2n) is 5.09. The molecule has 0 spiro atoms. The molecular weight excluding hydrogens is 262 g/mol. The van der Waals surface area contributed by atoms with Crippen LogP contribution >= 0.6 is 0 Å². The van der Waals surface area contributed by atoms with Crippen molar-refractivity contribution < 1.29 is 4.42 Å². The fourth-order valence-electron chi connectivity index (χ4n) is 2.34. The van der Waals surface area contributed by atoms with E-state index >= 15 is 0 Å². The van der Waals surface area contributed by atoms with Gasteiger partial charge < -0.3 is 9.73 Å². The normalized spacial score (nSPS) is 11.0. The van der Waals surface area contributed by atoms with Crippen LogP contribution in [0.5, 0.6) is 0 Å². The number of fused-ring (bicyclic) bond motifs is 1. The number of rotatable bonds is 4. The van der Waals surface area contributed by atoms with Crippen LogP contribution in [0.25, 0.3) is 22.4 Å². The van der Waals surface area contributed by atoms with Gasteiger partial charge in [-0.2, -0.15) is 0 Å². The molecule has 0 saturated heterocycles. The summed E-state index contributed by atoms with van der Waals surface area (Å²) in [5, 5.41) is 4.35. The van der Waals surface area contributed by atoms with Crippen LogP contribution in [-0.2, 0) is 6.42 Å². The molecule has 0 bridgehead atoms. The van der Waals surface area contributed by atoms with Gasteiger partial charge in [0.15, 0.2) is 5.76 Å². The van der Waals surface area contributed by atoms with Gasteiger partial charge in [-0.3, -0.25) is 0 Å². The van der Waals surface area contributed by atoms with Crippen molar-refractivity contribution in [2.75, 3.05) is 11.9 Å². The van der Waals surface area contributed by atoms with Gasteiger partial charge in [-0.05, 0) is 32.0 Å². The molecular formula is C17H19N3O. The first-order valence-electron chi connectivity index (χ1n) is 7.32. The zero-order valence-electron chi connectivity index (χ0n) is 12.6. The Balaban J connectivity index is 2.10. The zero-order valence-corrected chi connectivity index (χ0v) is 12.6. The van der Waals surface area contributed by atoms with E-state index in [-0.39, 0.29) is 0 Å². The van der Waals surface area contributed by atoms with Crippen LogP contribution in [0, 0.1) is 6.92 Å². The van der Waals surface area contributed by atoms with Crippen LogP contribution in [0.3, 0.4) is 0 Å². The number of nitrogens with one attached hydrogen (secondary N) is 1. The predicted molar refractivity (Wildman–Crippen MR) is 85.5 cm³/mol. The SMILES string of the molecule is CCNc1cc(-c2cc3cc(C)ccc3o2)nc(CC)n1. The van der Waals surface area contributed by atoms with Gasteiger partial charge in [-0.15, -0.1) is 0 Å². The van der Waals surface area contributed by atoms with Gasteiger partial charge >= 0.3 is 0 Å². The summed E-state index contributed by atoms with van der Waals surface area (Å²) in [4.78, 5) is 9.05. The van der Waals surface area contributed by atoms with E-state index in [1.54, 1.807) is 0 Å². The third kappa shape index (κ3) is 2.75. The van der Waals surface area contributed by atoms with Gasteiger partial charge in [0.2, 0.25) is 0 Å². The Hall–Kier alpha value is -2.36. The summed E-state index contributed by atoms with van der Waals surface area (Å²) >= 11 is 0. The first-order valence-corrected chi connectivity index (χ1v) is 7.32. The average Bonchev–Trinajstić information content (AvgIpc) is 2.90. The molecule has 0 radical (unpaired) electrons. The van der Waals surface area contributed by atoms with E-state index in [2.05, 4.69) is 48.2 Å². The summed E-state index contributed by atoms with van der Waals surface area (Å²) in [6.07, 6.45) is 0.797. The lowest BCUT2D eigenvalue weighted by Crippen LogP contribution is -2.03. The molecule has 1 N–H and O–H groups in total. The van der Waals surface area contributed by atoms with Crippen molar-refractivity contribution in [2.45, 2.75) is 27.2 Å². The number of anilines is 1. The van der Waals surface area contributed by atoms with E-state index in [1.165, 1.54) is 5.56 Å². The van der Waals surface area contributed by atoms with E-state index in [0.717, 1.165) is 47.0 Å². The quantitative estimate of drug-likeness (QED) is 0.779. The maximum Gasteiger partial charge on any atom is 0.154 e. The third-order valence-electron chi connectivity index (χ3n) is 3.37. The molecule has 2 heterocycles.